The average molecular weight is 212 g/mol. The Morgan fingerprint density at radius 3 is 2.40 bits per heavy atom. The van der Waals surface area contributed by atoms with Crippen molar-refractivity contribution in [2.24, 2.45) is 5.41 Å². The van der Waals surface area contributed by atoms with Crippen LogP contribution in [-0.2, 0) is 14.3 Å². The van der Waals surface area contributed by atoms with E-state index in [4.69, 9.17) is 0 Å². The summed E-state index contributed by atoms with van der Waals surface area (Å²) in [6.45, 7) is 4.01. The molecular formula is C12H20O3. The molecule has 1 heterocycles. The lowest BCUT2D eigenvalue weighted by Crippen LogP contribution is -2.22. The maximum atomic E-state index is 11.4. The zero-order valence-electron chi connectivity index (χ0n) is 9.67. The van der Waals surface area contributed by atoms with Gasteiger partial charge in [0, 0.05) is 0 Å². The molecule has 1 atom stereocenters. The average Bonchev–Trinajstić information content (AvgIpc) is 2.41. The molecule has 0 N–H and O–H groups in total. The molecular weight excluding hydrogens is 192 g/mol. The minimum atomic E-state index is -0.538. The number of cyclic esters (lactones) is 2. The lowest BCUT2D eigenvalue weighted by molar-refractivity contribution is -0.155. The first-order valence-electron chi connectivity index (χ1n) is 5.83. The molecule has 86 valence electrons. The molecule has 1 aliphatic rings. The predicted octanol–water partition coefficient (Wildman–Crippen LogP) is 2.83. The van der Waals surface area contributed by atoms with Crippen molar-refractivity contribution in [3.8, 4) is 0 Å². The van der Waals surface area contributed by atoms with Crippen LogP contribution in [0.25, 0.3) is 0 Å². The van der Waals surface area contributed by atoms with Crippen molar-refractivity contribution in [2.45, 2.75) is 58.8 Å². The Labute approximate surface area is 91.2 Å². The van der Waals surface area contributed by atoms with Gasteiger partial charge in [-0.2, -0.15) is 0 Å². The molecule has 3 nitrogen and oxygen atoms in total. The molecule has 1 fully saturated rings. The Kier molecular flexibility index (Phi) is 4.30. The minimum absolute atomic E-state index is 0.264. The van der Waals surface area contributed by atoms with Crippen molar-refractivity contribution in [3.63, 3.8) is 0 Å². The maximum absolute atomic E-state index is 11.4. The van der Waals surface area contributed by atoms with Gasteiger partial charge in [-0.05, 0) is 13.3 Å². The van der Waals surface area contributed by atoms with Gasteiger partial charge < -0.3 is 4.74 Å². The second-order valence-electron chi connectivity index (χ2n) is 4.66. The largest absolute Gasteiger partial charge is 0.393 e. The van der Waals surface area contributed by atoms with E-state index in [1.54, 1.807) is 0 Å². The van der Waals surface area contributed by atoms with Gasteiger partial charge in [-0.15, -0.1) is 0 Å². The molecule has 0 aromatic carbocycles. The highest BCUT2D eigenvalue weighted by Crippen LogP contribution is 2.35. The number of esters is 2. The van der Waals surface area contributed by atoms with Crippen molar-refractivity contribution < 1.29 is 14.3 Å². The van der Waals surface area contributed by atoms with E-state index in [1.807, 2.05) is 6.92 Å². The number of carbonyl (C=O) groups excluding carboxylic acids is 2. The molecule has 0 aliphatic carbocycles. The van der Waals surface area contributed by atoms with Crippen molar-refractivity contribution in [1.82, 2.24) is 0 Å². The van der Waals surface area contributed by atoms with E-state index in [1.165, 1.54) is 19.3 Å². The summed E-state index contributed by atoms with van der Waals surface area (Å²) in [7, 11) is 0. The molecule has 0 saturated carbocycles. The van der Waals surface area contributed by atoms with Gasteiger partial charge in [-0.1, -0.05) is 39.0 Å². The first kappa shape index (κ1) is 12.2. The lowest BCUT2D eigenvalue weighted by Gasteiger charge is -2.16. The van der Waals surface area contributed by atoms with Gasteiger partial charge in [0.15, 0.2) is 0 Å². The summed E-state index contributed by atoms with van der Waals surface area (Å²) in [4.78, 5) is 22.3. The summed E-state index contributed by atoms with van der Waals surface area (Å²) < 4.78 is 4.58. The topological polar surface area (TPSA) is 43.4 Å². The monoisotopic (exact) mass is 212 g/mol. The number of hydrogen-bond donors (Lipinski definition) is 0. The Morgan fingerprint density at radius 1 is 1.20 bits per heavy atom. The van der Waals surface area contributed by atoms with Crippen LogP contribution in [-0.4, -0.2) is 11.9 Å². The fourth-order valence-corrected chi connectivity index (χ4v) is 1.96. The van der Waals surface area contributed by atoms with Crippen LogP contribution < -0.4 is 0 Å². The van der Waals surface area contributed by atoms with E-state index in [-0.39, 0.29) is 18.4 Å². The molecule has 0 spiro atoms. The van der Waals surface area contributed by atoms with E-state index in [9.17, 15) is 9.59 Å². The van der Waals surface area contributed by atoms with Gasteiger partial charge in [0.2, 0.25) is 0 Å². The first-order chi connectivity index (χ1) is 7.08. The standard InChI is InChI=1S/C12H20O3/c1-3-4-5-6-7-8-12(2)9-10(13)15-11(12)14/h3-9H2,1-2H3. The normalized spacial score (nSPS) is 25.7. The lowest BCUT2D eigenvalue weighted by atomic mass is 9.83. The van der Waals surface area contributed by atoms with Crippen LogP contribution in [0.4, 0.5) is 0 Å². The summed E-state index contributed by atoms with van der Waals surface area (Å²) in [5, 5.41) is 0. The van der Waals surface area contributed by atoms with Crippen LogP contribution in [0.3, 0.4) is 0 Å². The van der Waals surface area contributed by atoms with Gasteiger partial charge in [-0.3, -0.25) is 9.59 Å². The molecule has 1 rings (SSSR count). The second kappa shape index (κ2) is 5.29. The van der Waals surface area contributed by atoms with Crippen LogP contribution in [0.15, 0.2) is 0 Å². The SMILES string of the molecule is CCCCCCCC1(C)CC(=O)OC1=O. The maximum Gasteiger partial charge on any atom is 0.320 e. The molecule has 1 saturated heterocycles. The first-order valence-corrected chi connectivity index (χ1v) is 5.83. The number of rotatable bonds is 6. The van der Waals surface area contributed by atoms with Gasteiger partial charge in [0.25, 0.3) is 0 Å². The van der Waals surface area contributed by atoms with Gasteiger partial charge in [0.05, 0.1) is 11.8 Å². The highest BCUT2D eigenvalue weighted by Gasteiger charge is 2.44. The molecule has 1 aliphatic heterocycles. The number of hydrogen-bond acceptors (Lipinski definition) is 3. The Hall–Kier alpha value is -0.860. The van der Waals surface area contributed by atoms with Gasteiger partial charge in [-0.25, -0.2) is 0 Å². The zero-order valence-corrected chi connectivity index (χ0v) is 9.67. The third kappa shape index (κ3) is 3.33. The van der Waals surface area contributed by atoms with Gasteiger partial charge in [0.1, 0.15) is 0 Å². The van der Waals surface area contributed by atoms with Gasteiger partial charge >= 0.3 is 11.9 Å². The second-order valence-corrected chi connectivity index (χ2v) is 4.66. The third-order valence-electron chi connectivity index (χ3n) is 3.07. The summed E-state index contributed by atoms with van der Waals surface area (Å²) >= 11 is 0. The molecule has 1 unspecified atom stereocenters. The summed E-state index contributed by atoms with van der Waals surface area (Å²) in [5.74, 6) is -0.695. The Morgan fingerprint density at radius 2 is 1.87 bits per heavy atom. The van der Waals surface area contributed by atoms with Crippen molar-refractivity contribution in [1.29, 1.82) is 0 Å². The van der Waals surface area contributed by atoms with E-state index in [0.717, 1.165) is 19.3 Å². The molecule has 0 aromatic heterocycles. The molecule has 0 radical (unpaired) electrons. The predicted molar refractivity (Wildman–Crippen MR) is 57.2 cm³/mol. The number of unbranched alkanes of at least 4 members (excludes halogenated alkanes) is 4. The molecule has 0 bridgehead atoms. The van der Waals surface area contributed by atoms with Crippen molar-refractivity contribution in [2.75, 3.05) is 0 Å². The number of carbonyl (C=O) groups is 2. The Balaban J connectivity index is 2.25. The van der Waals surface area contributed by atoms with E-state index >= 15 is 0 Å². The van der Waals surface area contributed by atoms with Crippen molar-refractivity contribution in [3.05, 3.63) is 0 Å². The van der Waals surface area contributed by atoms with E-state index < -0.39 is 5.41 Å². The summed E-state index contributed by atoms with van der Waals surface area (Å²) in [5.41, 5.74) is -0.538. The van der Waals surface area contributed by atoms with Crippen molar-refractivity contribution >= 4 is 11.9 Å². The minimum Gasteiger partial charge on any atom is -0.393 e. The van der Waals surface area contributed by atoms with Crippen LogP contribution >= 0.6 is 0 Å². The highest BCUT2D eigenvalue weighted by molar-refractivity contribution is 5.97. The van der Waals surface area contributed by atoms with Crippen LogP contribution in [0.1, 0.15) is 58.8 Å². The molecule has 15 heavy (non-hydrogen) atoms. The van der Waals surface area contributed by atoms with Crippen LogP contribution in [0.5, 0.6) is 0 Å². The quantitative estimate of drug-likeness (QED) is 0.386. The number of ether oxygens (including phenoxy) is 1. The highest BCUT2D eigenvalue weighted by atomic mass is 16.6. The fraction of sp³-hybridized carbons (Fsp3) is 0.833. The summed E-state index contributed by atoms with van der Waals surface area (Å²) in [6, 6.07) is 0. The molecule has 3 heteroatoms. The van der Waals surface area contributed by atoms with E-state index in [2.05, 4.69) is 11.7 Å². The smallest absolute Gasteiger partial charge is 0.320 e. The Bertz CT molecular complexity index is 247. The molecule has 0 aromatic rings. The van der Waals surface area contributed by atoms with Crippen LogP contribution in [0, 0.1) is 5.41 Å². The van der Waals surface area contributed by atoms with Crippen LogP contribution in [0.2, 0.25) is 0 Å². The summed E-state index contributed by atoms with van der Waals surface area (Å²) in [6.07, 6.45) is 6.89. The third-order valence-corrected chi connectivity index (χ3v) is 3.07. The van der Waals surface area contributed by atoms with E-state index in [0.29, 0.717) is 0 Å². The zero-order chi connectivity index (χ0) is 11.3. The fourth-order valence-electron chi connectivity index (χ4n) is 1.96. The molecule has 0 amide bonds.